The zero-order chi connectivity index (χ0) is 14.5. The summed E-state index contributed by atoms with van der Waals surface area (Å²) in [7, 11) is 0. The van der Waals surface area contributed by atoms with Gasteiger partial charge in [0, 0.05) is 0 Å². The molecule has 0 amide bonds. The second-order valence-corrected chi connectivity index (χ2v) is 6.75. The number of rotatable bonds is 13. The van der Waals surface area contributed by atoms with Crippen molar-refractivity contribution in [1.29, 1.82) is 0 Å². The maximum atomic E-state index is 2.40. The maximum Gasteiger partial charge on any atom is -0.0412 e. The molecule has 0 fully saturated rings. The molecule has 3 unspecified atom stereocenters. The Labute approximate surface area is 123 Å². The van der Waals surface area contributed by atoms with Crippen molar-refractivity contribution in [3.8, 4) is 0 Å². The van der Waals surface area contributed by atoms with E-state index in [0.717, 1.165) is 17.8 Å². The van der Waals surface area contributed by atoms with Crippen LogP contribution in [0.5, 0.6) is 0 Å². The minimum Gasteiger partial charge on any atom is -0.0654 e. The summed E-state index contributed by atoms with van der Waals surface area (Å²) in [5.41, 5.74) is 0. The molecule has 0 aliphatic carbocycles. The summed E-state index contributed by atoms with van der Waals surface area (Å²) >= 11 is 0. The molecule has 0 spiro atoms. The molecule has 0 aromatic heterocycles. The lowest BCUT2D eigenvalue weighted by molar-refractivity contribution is 0.301. The van der Waals surface area contributed by atoms with Gasteiger partial charge >= 0.3 is 0 Å². The van der Waals surface area contributed by atoms with E-state index in [1.54, 1.807) is 0 Å². The molecule has 0 heterocycles. The predicted molar refractivity (Wildman–Crippen MR) is 89.6 cm³/mol. The third-order valence-corrected chi connectivity index (χ3v) is 4.89. The second kappa shape index (κ2) is 13.0. The Balaban J connectivity index is 3.89. The number of hydrogen-bond donors (Lipinski definition) is 0. The van der Waals surface area contributed by atoms with Crippen molar-refractivity contribution in [1.82, 2.24) is 0 Å². The summed E-state index contributed by atoms with van der Waals surface area (Å²) in [5.74, 6) is 2.95. The standard InChI is InChI=1S/C19H40/c1-6-12-18(9-4)16-19(13-7-2)15-11-10-14-17(5)8-3/h17-19H,6-16H2,1-5H3. The van der Waals surface area contributed by atoms with Gasteiger partial charge in [-0.15, -0.1) is 0 Å². The number of unbranched alkanes of at least 4 members (excludes halogenated alkanes) is 1. The first-order valence-electron chi connectivity index (χ1n) is 9.17. The van der Waals surface area contributed by atoms with E-state index in [1.807, 2.05) is 0 Å². The highest BCUT2D eigenvalue weighted by Gasteiger charge is 2.14. The quantitative estimate of drug-likeness (QED) is 0.309. The molecule has 0 saturated heterocycles. The average Bonchev–Trinajstić information content (AvgIpc) is 2.42. The minimum absolute atomic E-state index is 0.938. The fraction of sp³-hybridized carbons (Fsp3) is 1.00. The van der Waals surface area contributed by atoms with E-state index in [0.29, 0.717) is 0 Å². The SMILES string of the molecule is CCCC(CC)CC(CCC)CCCCC(C)CC. The van der Waals surface area contributed by atoms with Crippen molar-refractivity contribution >= 4 is 0 Å². The van der Waals surface area contributed by atoms with Gasteiger partial charge in [0.2, 0.25) is 0 Å². The fourth-order valence-corrected chi connectivity index (χ4v) is 3.29. The van der Waals surface area contributed by atoms with E-state index in [1.165, 1.54) is 70.6 Å². The lowest BCUT2D eigenvalue weighted by atomic mass is 9.84. The first-order valence-corrected chi connectivity index (χ1v) is 9.17. The van der Waals surface area contributed by atoms with Gasteiger partial charge in [0.05, 0.1) is 0 Å². The molecule has 3 atom stereocenters. The van der Waals surface area contributed by atoms with Crippen molar-refractivity contribution < 1.29 is 0 Å². The largest absolute Gasteiger partial charge is 0.0654 e. The van der Waals surface area contributed by atoms with Crippen LogP contribution in [0.4, 0.5) is 0 Å². The molecule has 0 saturated carbocycles. The molecule has 0 aromatic rings. The molecule has 0 heteroatoms. The summed E-state index contributed by atoms with van der Waals surface area (Å²) in [5, 5.41) is 0. The molecule has 0 radical (unpaired) electrons. The first kappa shape index (κ1) is 19.0. The highest BCUT2D eigenvalue weighted by atomic mass is 14.2. The highest BCUT2D eigenvalue weighted by Crippen LogP contribution is 2.28. The highest BCUT2D eigenvalue weighted by molar-refractivity contribution is 4.66. The van der Waals surface area contributed by atoms with Crippen LogP contribution in [0.1, 0.15) is 105 Å². The molecule has 116 valence electrons. The van der Waals surface area contributed by atoms with E-state index in [4.69, 9.17) is 0 Å². The molecular formula is C19H40. The van der Waals surface area contributed by atoms with Crippen LogP contribution >= 0.6 is 0 Å². The maximum absolute atomic E-state index is 2.40. The van der Waals surface area contributed by atoms with Crippen LogP contribution in [-0.4, -0.2) is 0 Å². The van der Waals surface area contributed by atoms with Gasteiger partial charge in [-0.3, -0.25) is 0 Å². The fourth-order valence-electron chi connectivity index (χ4n) is 3.29. The van der Waals surface area contributed by atoms with Crippen molar-refractivity contribution in [2.45, 2.75) is 105 Å². The topological polar surface area (TPSA) is 0 Å². The second-order valence-electron chi connectivity index (χ2n) is 6.75. The lowest BCUT2D eigenvalue weighted by Crippen LogP contribution is -2.09. The van der Waals surface area contributed by atoms with Crippen LogP contribution in [0.25, 0.3) is 0 Å². The van der Waals surface area contributed by atoms with Gasteiger partial charge < -0.3 is 0 Å². The average molecular weight is 269 g/mol. The molecule has 0 N–H and O–H groups in total. The summed E-state index contributed by atoms with van der Waals surface area (Å²) < 4.78 is 0. The van der Waals surface area contributed by atoms with Crippen LogP contribution in [0, 0.1) is 17.8 Å². The molecule has 0 aliphatic heterocycles. The third-order valence-electron chi connectivity index (χ3n) is 4.89. The van der Waals surface area contributed by atoms with E-state index in [9.17, 15) is 0 Å². The van der Waals surface area contributed by atoms with Gasteiger partial charge in [-0.05, 0) is 24.2 Å². The molecule has 19 heavy (non-hydrogen) atoms. The minimum atomic E-state index is 0.938. The summed E-state index contributed by atoms with van der Waals surface area (Å²) in [6.45, 7) is 11.8. The van der Waals surface area contributed by atoms with Crippen molar-refractivity contribution in [3.63, 3.8) is 0 Å². The zero-order valence-corrected chi connectivity index (χ0v) is 14.5. The summed E-state index contributed by atoms with van der Waals surface area (Å²) in [6, 6.07) is 0. The molecule has 0 aliphatic rings. The van der Waals surface area contributed by atoms with Crippen LogP contribution in [0.15, 0.2) is 0 Å². The van der Waals surface area contributed by atoms with E-state index >= 15 is 0 Å². The first-order chi connectivity index (χ1) is 9.17. The van der Waals surface area contributed by atoms with E-state index in [-0.39, 0.29) is 0 Å². The molecule has 0 bridgehead atoms. The van der Waals surface area contributed by atoms with Gasteiger partial charge in [0.15, 0.2) is 0 Å². The molecule has 0 aromatic carbocycles. The molecule has 0 nitrogen and oxygen atoms in total. The van der Waals surface area contributed by atoms with Crippen molar-refractivity contribution in [3.05, 3.63) is 0 Å². The third kappa shape index (κ3) is 10.4. The van der Waals surface area contributed by atoms with Crippen LogP contribution in [0.3, 0.4) is 0 Å². The predicted octanol–water partition coefficient (Wildman–Crippen LogP) is 7.23. The Kier molecular flexibility index (Phi) is 13.0. The van der Waals surface area contributed by atoms with Crippen LogP contribution in [-0.2, 0) is 0 Å². The monoisotopic (exact) mass is 268 g/mol. The van der Waals surface area contributed by atoms with Gasteiger partial charge in [0.25, 0.3) is 0 Å². The number of hydrogen-bond acceptors (Lipinski definition) is 0. The molecule has 0 rings (SSSR count). The summed E-state index contributed by atoms with van der Waals surface area (Å²) in [6.07, 6.45) is 15.8. The van der Waals surface area contributed by atoms with Gasteiger partial charge in [-0.25, -0.2) is 0 Å². The van der Waals surface area contributed by atoms with Crippen LogP contribution in [0.2, 0.25) is 0 Å². The van der Waals surface area contributed by atoms with Crippen LogP contribution < -0.4 is 0 Å². The van der Waals surface area contributed by atoms with E-state index in [2.05, 4.69) is 34.6 Å². The van der Waals surface area contributed by atoms with Crippen molar-refractivity contribution in [2.75, 3.05) is 0 Å². The Hall–Kier alpha value is 0. The van der Waals surface area contributed by atoms with E-state index < -0.39 is 0 Å². The van der Waals surface area contributed by atoms with Gasteiger partial charge in [0.1, 0.15) is 0 Å². The van der Waals surface area contributed by atoms with Crippen molar-refractivity contribution in [2.24, 2.45) is 17.8 Å². The summed E-state index contributed by atoms with van der Waals surface area (Å²) in [4.78, 5) is 0. The Morgan fingerprint density at radius 2 is 1.21 bits per heavy atom. The Morgan fingerprint density at radius 3 is 1.74 bits per heavy atom. The smallest absolute Gasteiger partial charge is 0.0412 e. The Morgan fingerprint density at radius 1 is 0.632 bits per heavy atom. The van der Waals surface area contributed by atoms with Gasteiger partial charge in [-0.2, -0.15) is 0 Å². The normalized spacial score (nSPS) is 16.3. The van der Waals surface area contributed by atoms with Gasteiger partial charge in [-0.1, -0.05) is 98.8 Å². The lowest BCUT2D eigenvalue weighted by Gasteiger charge is -2.22. The zero-order valence-electron chi connectivity index (χ0n) is 14.5. The Bertz CT molecular complexity index is 173. The molecular weight excluding hydrogens is 228 g/mol.